The third-order valence-corrected chi connectivity index (χ3v) is 4.25. The Morgan fingerprint density at radius 2 is 1.88 bits per heavy atom. The van der Waals surface area contributed by atoms with Crippen molar-refractivity contribution < 1.29 is 13.6 Å². The lowest BCUT2D eigenvalue weighted by Crippen LogP contribution is -2.19. The molecule has 0 bridgehead atoms. The smallest absolute Gasteiger partial charge is 0.257 e. The number of anilines is 3. The summed E-state index contributed by atoms with van der Waals surface area (Å²) >= 11 is 0. The van der Waals surface area contributed by atoms with Crippen LogP contribution >= 0.6 is 0 Å². The number of rotatable bonds is 3. The lowest BCUT2D eigenvalue weighted by Gasteiger charge is -2.18. The fourth-order valence-corrected chi connectivity index (χ4v) is 2.99. The van der Waals surface area contributed by atoms with Crippen molar-refractivity contribution in [2.24, 2.45) is 0 Å². The summed E-state index contributed by atoms with van der Waals surface area (Å²) in [5, 5.41) is 5.55. The van der Waals surface area contributed by atoms with Crippen LogP contribution in [0.25, 0.3) is 5.57 Å². The van der Waals surface area contributed by atoms with E-state index in [1.807, 2.05) is 17.1 Å². The molecule has 2 aliphatic heterocycles. The van der Waals surface area contributed by atoms with Gasteiger partial charge in [-0.05, 0) is 36.4 Å². The van der Waals surface area contributed by atoms with Crippen molar-refractivity contribution >= 4 is 28.5 Å². The Morgan fingerprint density at radius 1 is 1.08 bits per heavy atom. The first kappa shape index (κ1) is 15.4. The highest BCUT2D eigenvalue weighted by Crippen LogP contribution is 2.32. The van der Waals surface area contributed by atoms with Gasteiger partial charge in [-0.25, -0.2) is 8.78 Å². The molecule has 4 nitrogen and oxygen atoms in total. The zero-order valence-corrected chi connectivity index (χ0v) is 13.2. The van der Waals surface area contributed by atoms with Crippen molar-refractivity contribution in [3.05, 3.63) is 71.9 Å². The molecular weight excluding hydrogens is 324 g/mol. The van der Waals surface area contributed by atoms with Gasteiger partial charge in [0.25, 0.3) is 5.91 Å². The van der Waals surface area contributed by atoms with Crippen molar-refractivity contribution in [3.63, 3.8) is 0 Å². The summed E-state index contributed by atoms with van der Waals surface area (Å²) in [6.07, 6.45) is 5.49. The van der Waals surface area contributed by atoms with E-state index in [1.54, 1.807) is 18.2 Å². The number of amides is 1. The van der Waals surface area contributed by atoms with Gasteiger partial charge >= 0.3 is 0 Å². The molecule has 0 atom stereocenters. The average Bonchev–Trinajstić information content (AvgIpc) is 3.20. The first-order valence-corrected chi connectivity index (χ1v) is 7.89. The molecule has 4 rings (SSSR count). The molecule has 0 aliphatic carbocycles. The van der Waals surface area contributed by atoms with Crippen LogP contribution in [0.2, 0.25) is 0 Å². The van der Waals surface area contributed by atoms with E-state index in [4.69, 9.17) is 0 Å². The van der Waals surface area contributed by atoms with Crippen LogP contribution in [0.3, 0.4) is 0 Å². The normalized spacial score (nSPS) is 17.1. The molecule has 0 saturated carbocycles. The van der Waals surface area contributed by atoms with Crippen LogP contribution in [0.4, 0.5) is 25.8 Å². The molecule has 2 heterocycles. The van der Waals surface area contributed by atoms with E-state index in [-0.39, 0.29) is 11.7 Å². The first-order chi connectivity index (χ1) is 12.1. The maximum absolute atomic E-state index is 14.3. The van der Waals surface area contributed by atoms with Gasteiger partial charge in [-0.2, -0.15) is 0 Å². The van der Waals surface area contributed by atoms with Gasteiger partial charge in [0, 0.05) is 30.5 Å². The molecule has 6 heteroatoms. The standard InChI is InChI=1S/C19H15F2N3O/c20-12-3-5-14-15(19(25)23-17(14)9-12)11-22-13-4-6-18(16(21)10-13)24-7-1-2-8-24/h1-6,9-11,22H,7-8H2,(H,23,25). The summed E-state index contributed by atoms with van der Waals surface area (Å²) in [6, 6.07) is 8.97. The monoisotopic (exact) mass is 339 g/mol. The van der Waals surface area contributed by atoms with Gasteiger partial charge in [-0.1, -0.05) is 12.2 Å². The Morgan fingerprint density at radius 3 is 2.64 bits per heavy atom. The molecular formula is C19H15F2N3O. The van der Waals surface area contributed by atoms with Gasteiger partial charge in [0.1, 0.15) is 11.6 Å². The van der Waals surface area contributed by atoms with Crippen molar-refractivity contribution in [2.75, 3.05) is 28.6 Å². The fourth-order valence-electron chi connectivity index (χ4n) is 2.99. The fraction of sp³-hybridized carbons (Fsp3) is 0.105. The maximum atomic E-state index is 14.3. The molecule has 1 amide bonds. The lowest BCUT2D eigenvalue weighted by molar-refractivity contribution is -0.110. The molecule has 126 valence electrons. The molecule has 2 aliphatic rings. The highest BCUT2D eigenvalue weighted by molar-refractivity contribution is 6.31. The van der Waals surface area contributed by atoms with Crippen molar-refractivity contribution in [1.29, 1.82) is 0 Å². The first-order valence-electron chi connectivity index (χ1n) is 7.89. The van der Waals surface area contributed by atoms with E-state index < -0.39 is 5.82 Å². The lowest BCUT2D eigenvalue weighted by atomic mass is 10.1. The second-order valence-electron chi connectivity index (χ2n) is 5.89. The molecule has 0 fully saturated rings. The summed E-state index contributed by atoms with van der Waals surface area (Å²) in [5.41, 5.74) is 2.50. The third-order valence-electron chi connectivity index (χ3n) is 4.25. The van der Waals surface area contributed by atoms with Crippen LogP contribution in [0.15, 0.2) is 54.8 Å². The molecule has 25 heavy (non-hydrogen) atoms. The van der Waals surface area contributed by atoms with Crippen LogP contribution in [0.1, 0.15) is 5.56 Å². The third kappa shape index (κ3) is 2.87. The van der Waals surface area contributed by atoms with Gasteiger partial charge in [0.15, 0.2) is 0 Å². The van der Waals surface area contributed by atoms with Gasteiger partial charge < -0.3 is 15.5 Å². The van der Waals surface area contributed by atoms with E-state index in [2.05, 4.69) is 10.6 Å². The van der Waals surface area contributed by atoms with Gasteiger partial charge in [0.2, 0.25) is 0 Å². The minimum atomic E-state index is -0.415. The molecule has 0 aromatic heterocycles. The van der Waals surface area contributed by atoms with Crippen LogP contribution in [-0.2, 0) is 4.79 Å². The topological polar surface area (TPSA) is 44.4 Å². The van der Waals surface area contributed by atoms with Crippen LogP contribution in [0, 0.1) is 11.6 Å². The summed E-state index contributed by atoms with van der Waals surface area (Å²) in [4.78, 5) is 14.0. The van der Waals surface area contributed by atoms with Gasteiger partial charge in [0.05, 0.1) is 16.9 Å². The Balaban J connectivity index is 1.56. The molecule has 2 aromatic carbocycles. The van der Waals surface area contributed by atoms with E-state index >= 15 is 0 Å². The second-order valence-corrected chi connectivity index (χ2v) is 5.89. The number of nitrogens with one attached hydrogen (secondary N) is 2. The molecule has 0 spiro atoms. The van der Waals surface area contributed by atoms with Crippen molar-refractivity contribution in [1.82, 2.24) is 0 Å². The molecule has 2 N–H and O–H groups in total. The minimum Gasteiger partial charge on any atom is -0.362 e. The summed E-state index contributed by atoms with van der Waals surface area (Å²) in [7, 11) is 0. The minimum absolute atomic E-state index is 0.326. The molecule has 0 saturated heterocycles. The molecule has 0 radical (unpaired) electrons. The van der Waals surface area contributed by atoms with E-state index in [1.165, 1.54) is 24.4 Å². The average molecular weight is 339 g/mol. The zero-order valence-electron chi connectivity index (χ0n) is 13.2. The number of carbonyl (C=O) groups excluding carboxylic acids is 1. The number of benzene rings is 2. The van der Waals surface area contributed by atoms with E-state index in [9.17, 15) is 13.6 Å². The summed E-state index contributed by atoms with van der Waals surface area (Å²) in [6.45, 7) is 1.39. The number of hydrogen-bond acceptors (Lipinski definition) is 3. The summed E-state index contributed by atoms with van der Waals surface area (Å²) < 4.78 is 27.6. The Bertz CT molecular complexity index is 913. The molecule has 2 aromatic rings. The van der Waals surface area contributed by atoms with Crippen LogP contribution < -0.4 is 15.5 Å². The van der Waals surface area contributed by atoms with Gasteiger partial charge in [-0.3, -0.25) is 4.79 Å². The predicted octanol–water partition coefficient (Wildman–Crippen LogP) is 3.75. The highest BCUT2D eigenvalue weighted by Gasteiger charge is 2.24. The SMILES string of the molecule is O=C1Nc2cc(F)ccc2C1=CNc1ccc(N2CC=CC2)c(F)c1. The number of halogens is 2. The quantitative estimate of drug-likeness (QED) is 0.661. The predicted molar refractivity (Wildman–Crippen MR) is 94.4 cm³/mol. The van der Waals surface area contributed by atoms with E-state index in [0.717, 1.165) is 0 Å². The number of nitrogens with zero attached hydrogens (tertiary/aromatic N) is 1. The van der Waals surface area contributed by atoms with Crippen molar-refractivity contribution in [2.45, 2.75) is 0 Å². The molecule has 0 unspecified atom stereocenters. The van der Waals surface area contributed by atoms with Crippen molar-refractivity contribution in [3.8, 4) is 0 Å². The zero-order chi connectivity index (χ0) is 17.4. The second kappa shape index (κ2) is 6.05. The summed E-state index contributed by atoms with van der Waals surface area (Å²) in [5.74, 6) is -1.07. The largest absolute Gasteiger partial charge is 0.362 e. The van der Waals surface area contributed by atoms with Crippen LogP contribution in [0.5, 0.6) is 0 Å². The Hall–Kier alpha value is -3.15. The van der Waals surface area contributed by atoms with Crippen LogP contribution in [-0.4, -0.2) is 19.0 Å². The Kier molecular flexibility index (Phi) is 3.72. The Labute approximate surface area is 143 Å². The number of carbonyl (C=O) groups is 1. The number of hydrogen-bond donors (Lipinski definition) is 2. The maximum Gasteiger partial charge on any atom is 0.257 e. The van der Waals surface area contributed by atoms with E-state index in [0.29, 0.717) is 41.3 Å². The highest BCUT2D eigenvalue weighted by atomic mass is 19.1. The number of fused-ring (bicyclic) bond motifs is 1. The van der Waals surface area contributed by atoms with Gasteiger partial charge in [-0.15, -0.1) is 0 Å².